The number of carbonyl (C=O) groups is 3. The molecule has 0 bridgehead atoms. The van der Waals surface area contributed by atoms with Crippen LogP contribution in [0.4, 0.5) is 10.5 Å². The molecule has 3 N–H and O–H groups in total. The van der Waals surface area contributed by atoms with E-state index in [1.54, 1.807) is 25.1 Å². The SMILES string of the molecule is Cc1ccc(Cl)cc1NC(=O)C(CCC(=O)O)NC(=O)OCC1c2ccccc2-c2ccccc21. The van der Waals surface area contributed by atoms with Crippen molar-refractivity contribution < 1.29 is 24.2 Å². The minimum Gasteiger partial charge on any atom is -0.481 e. The van der Waals surface area contributed by atoms with Gasteiger partial charge in [-0.15, -0.1) is 0 Å². The van der Waals surface area contributed by atoms with Crippen molar-refractivity contribution in [2.24, 2.45) is 0 Å². The average Bonchev–Trinajstić information content (AvgIpc) is 3.16. The highest BCUT2D eigenvalue weighted by molar-refractivity contribution is 6.31. The van der Waals surface area contributed by atoms with Gasteiger partial charge in [0.2, 0.25) is 5.91 Å². The summed E-state index contributed by atoms with van der Waals surface area (Å²) in [4.78, 5) is 36.7. The van der Waals surface area contributed by atoms with E-state index in [0.29, 0.717) is 10.7 Å². The van der Waals surface area contributed by atoms with Crippen molar-refractivity contribution in [1.82, 2.24) is 5.32 Å². The third-order valence-corrected chi connectivity index (χ3v) is 6.29. The van der Waals surface area contributed by atoms with Gasteiger partial charge in [0.25, 0.3) is 0 Å². The number of hydrogen-bond donors (Lipinski definition) is 3. The number of amides is 2. The summed E-state index contributed by atoms with van der Waals surface area (Å²) in [6.45, 7) is 1.89. The molecule has 1 unspecified atom stereocenters. The minimum atomic E-state index is -1.10. The topological polar surface area (TPSA) is 105 Å². The number of aliphatic carboxylic acids is 1. The maximum absolute atomic E-state index is 12.9. The number of fused-ring (bicyclic) bond motifs is 3. The van der Waals surface area contributed by atoms with Crippen molar-refractivity contribution >= 4 is 35.3 Å². The third-order valence-electron chi connectivity index (χ3n) is 6.06. The highest BCUT2D eigenvalue weighted by Gasteiger charge is 2.30. The smallest absolute Gasteiger partial charge is 0.407 e. The fourth-order valence-electron chi connectivity index (χ4n) is 4.27. The zero-order valence-corrected chi connectivity index (χ0v) is 19.8. The van der Waals surface area contributed by atoms with E-state index in [4.69, 9.17) is 21.4 Å². The van der Waals surface area contributed by atoms with Crippen LogP contribution in [0.2, 0.25) is 5.02 Å². The van der Waals surface area contributed by atoms with Crippen LogP contribution in [-0.4, -0.2) is 35.7 Å². The molecule has 1 atom stereocenters. The van der Waals surface area contributed by atoms with Gasteiger partial charge < -0.3 is 20.5 Å². The Morgan fingerprint density at radius 1 is 1.00 bits per heavy atom. The summed E-state index contributed by atoms with van der Waals surface area (Å²) in [5, 5.41) is 14.8. The average molecular weight is 493 g/mol. The Morgan fingerprint density at radius 3 is 2.26 bits per heavy atom. The van der Waals surface area contributed by atoms with Crippen molar-refractivity contribution in [3.8, 4) is 11.1 Å². The van der Waals surface area contributed by atoms with Crippen LogP contribution >= 0.6 is 11.6 Å². The van der Waals surface area contributed by atoms with Gasteiger partial charge in [-0.25, -0.2) is 4.79 Å². The molecule has 0 fully saturated rings. The Morgan fingerprint density at radius 2 is 1.63 bits per heavy atom. The second kappa shape index (κ2) is 10.6. The number of ether oxygens (including phenoxy) is 1. The Kier molecular flexibility index (Phi) is 7.36. The number of carboxylic acids is 1. The third kappa shape index (κ3) is 5.63. The summed E-state index contributed by atoms with van der Waals surface area (Å²) in [6, 6.07) is 19.9. The normalized spacial score (nSPS) is 12.9. The zero-order chi connectivity index (χ0) is 24.9. The first-order valence-electron chi connectivity index (χ1n) is 11.2. The van der Waals surface area contributed by atoms with E-state index in [9.17, 15) is 14.4 Å². The van der Waals surface area contributed by atoms with Crippen molar-refractivity contribution in [2.75, 3.05) is 11.9 Å². The molecule has 4 rings (SSSR count). The van der Waals surface area contributed by atoms with Gasteiger partial charge in [0.05, 0.1) is 0 Å². The number of hydrogen-bond acceptors (Lipinski definition) is 4. The fourth-order valence-corrected chi connectivity index (χ4v) is 4.44. The number of alkyl carbamates (subject to hydrolysis) is 1. The van der Waals surface area contributed by atoms with Crippen LogP contribution in [0.1, 0.15) is 35.4 Å². The molecule has 0 heterocycles. The highest BCUT2D eigenvalue weighted by Crippen LogP contribution is 2.44. The predicted molar refractivity (Wildman–Crippen MR) is 134 cm³/mol. The van der Waals surface area contributed by atoms with Crippen LogP contribution in [0, 0.1) is 6.92 Å². The van der Waals surface area contributed by atoms with Gasteiger partial charge in [-0.05, 0) is 53.3 Å². The number of benzene rings is 3. The van der Waals surface area contributed by atoms with Crippen LogP contribution in [0.25, 0.3) is 11.1 Å². The van der Waals surface area contributed by atoms with Gasteiger partial charge in [-0.2, -0.15) is 0 Å². The van der Waals surface area contributed by atoms with Gasteiger partial charge in [0.1, 0.15) is 12.6 Å². The van der Waals surface area contributed by atoms with Gasteiger partial charge in [-0.3, -0.25) is 9.59 Å². The number of nitrogens with one attached hydrogen (secondary N) is 2. The maximum Gasteiger partial charge on any atom is 0.407 e. The molecule has 1 aliphatic rings. The van der Waals surface area contributed by atoms with Gasteiger partial charge >= 0.3 is 12.1 Å². The summed E-state index contributed by atoms with van der Waals surface area (Å²) in [6.07, 6.45) is -1.18. The number of aryl methyl sites for hydroxylation is 1. The Labute approximate surface area is 208 Å². The summed E-state index contributed by atoms with van der Waals surface area (Å²) in [5.74, 6) is -1.75. The van der Waals surface area contributed by atoms with Crippen molar-refractivity contribution in [3.05, 3.63) is 88.4 Å². The summed E-state index contributed by atoms with van der Waals surface area (Å²) in [7, 11) is 0. The van der Waals surface area contributed by atoms with Crippen molar-refractivity contribution in [3.63, 3.8) is 0 Å². The van der Waals surface area contributed by atoms with Gasteiger partial charge in [-0.1, -0.05) is 66.2 Å². The second-order valence-electron chi connectivity index (χ2n) is 8.40. The number of carbonyl (C=O) groups excluding carboxylic acids is 2. The van der Waals surface area contributed by atoms with Gasteiger partial charge in [0.15, 0.2) is 0 Å². The molecule has 3 aromatic rings. The first-order valence-corrected chi connectivity index (χ1v) is 11.6. The molecule has 8 heteroatoms. The predicted octanol–water partition coefficient (Wildman–Crippen LogP) is 5.36. The van der Waals surface area contributed by atoms with E-state index < -0.39 is 24.0 Å². The standard InChI is InChI=1S/C27H25ClN2O5/c1-16-10-11-17(28)14-24(16)29-26(33)23(12-13-25(31)32)30-27(34)35-15-22-20-8-4-2-6-18(20)19-7-3-5-9-21(19)22/h2-11,14,22-23H,12-13,15H2,1H3,(H,29,33)(H,30,34)(H,31,32). The van der Waals surface area contributed by atoms with E-state index in [2.05, 4.69) is 10.6 Å². The second-order valence-corrected chi connectivity index (χ2v) is 8.84. The molecule has 0 saturated carbocycles. The van der Waals surface area contributed by atoms with Crippen LogP contribution < -0.4 is 10.6 Å². The lowest BCUT2D eigenvalue weighted by Gasteiger charge is -2.20. The van der Waals surface area contributed by atoms with Crippen LogP contribution in [0.5, 0.6) is 0 Å². The highest BCUT2D eigenvalue weighted by atomic mass is 35.5. The molecule has 0 aliphatic heterocycles. The molecule has 0 saturated heterocycles. The van der Waals surface area contributed by atoms with Gasteiger partial charge in [0, 0.05) is 23.0 Å². The Balaban J connectivity index is 1.44. The van der Waals surface area contributed by atoms with Crippen LogP contribution in [0.15, 0.2) is 66.7 Å². The van der Waals surface area contributed by atoms with Crippen molar-refractivity contribution in [1.29, 1.82) is 0 Å². The quantitative estimate of drug-likeness (QED) is 0.392. The van der Waals surface area contributed by atoms with Crippen LogP contribution in [0.3, 0.4) is 0 Å². The molecular formula is C27H25ClN2O5. The Bertz CT molecular complexity index is 1230. The number of rotatable bonds is 8. The summed E-state index contributed by atoms with van der Waals surface area (Å²) in [5.41, 5.74) is 5.61. The first-order chi connectivity index (χ1) is 16.8. The summed E-state index contributed by atoms with van der Waals surface area (Å²) >= 11 is 6.02. The van der Waals surface area contributed by atoms with E-state index in [0.717, 1.165) is 27.8 Å². The fraction of sp³-hybridized carbons (Fsp3) is 0.222. The minimum absolute atomic E-state index is 0.0839. The zero-order valence-electron chi connectivity index (χ0n) is 19.1. The van der Waals surface area contributed by atoms with E-state index in [-0.39, 0.29) is 25.4 Å². The molecule has 2 amide bonds. The van der Waals surface area contributed by atoms with Crippen molar-refractivity contribution in [2.45, 2.75) is 31.7 Å². The molecule has 35 heavy (non-hydrogen) atoms. The molecule has 180 valence electrons. The molecule has 0 radical (unpaired) electrons. The molecule has 1 aliphatic carbocycles. The molecule has 0 aromatic heterocycles. The molecule has 0 spiro atoms. The molecule has 3 aromatic carbocycles. The molecule has 7 nitrogen and oxygen atoms in total. The van der Waals surface area contributed by atoms with Crippen LogP contribution in [-0.2, 0) is 14.3 Å². The number of halogens is 1. The number of anilines is 1. The lowest BCUT2D eigenvalue weighted by molar-refractivity contribution is -0.137. The first kappa shape index (κ1) is 24.3. The number of carboxylic acid groups (broad SMARTS) is 1. The largest absolute Gasteiger partial charge is 0.481 e. The monoisotopic (exact) mass is 492 g/mol. The Hall–Kier alpha value is -3.84. The van der Waals surface area contributed by atoms with E-state index in [1.807, 2.05) is 48.5 Å². The lowest BCUT2D eigenvalue weighted by Crippen LogP contribution is -2.44. The maximum atomic E-state index is 12.9. The van der Waals surface area contributed by atoms with E-state index >= 15 is 0 Å². The van der Waals surface area contributed by atoms with E-state index in [1.165, 1.54) is 0 Å². The lowest BCUT2D eigenvalue weighted by atomic mass is 9.98. The summed E-state index contributed by atoms with van der Waals surface area (Å²) < 4.78 is 5.52. The molecular weight excluding hydrogens is 468 g/mol.